The van der Waals surface area contributed by atoms with Crippen LogP contribution in [0.4, 0.5) is 5.69 Å². The molecule has 1 aromatic carbocycles. The molecule has 0 saturated heterocycles. The van der Waals surface area contributed by atoms with Crippen molar-refractivity contribution in [3.05, 3.63) is 28.8 Å². The van der Waals surface area contributed by atoms with Crippen LogP contribution in [-0.4, -0.2) is 17.9 Å². The third-order valence-electron chi connectivity index (χ3n) is 2.03. The Hall–Kier alpha value is -1.75. The largest absolute Gasteiger partial charge is 0.398 e. The Morgan fingerprint density at radius 1 is 1.44 bits per heavy atom. The molecule has 6 heteroatoms. The molecule has 1 aromatic rings. The molecule has 0 heterocycles. The van der Waals surface area contributed by atoms with Crippen LogP contribution in [0, 0.1) is 0 Å². The molecule has 0 aromatic heterocycles. The number of nitrogen functional groups attached to an aromatic ring is 1. The number of nitrogens with one attached hydrogen (secondary N) is 1. The van der Waals surface area contributed by atoms with Crippen LogP contribution in [0.3, 0.4) is 0 Å². The fourth-order valence-electron chi connectivity index (χ4n) is 1.09. The summed E-state index contributed by atoms with van der Waals surface area (Å²) in [7, 11) is 0. The number of nitrogens with two attached hydrogens (primary N) is 2. The summed E-state index contributed by atoms with van der Waals surface area (Å²) < 4.78 is 0. The maximum absolute atomic E-state index is 11.6. The SMILES string of the molecule is CC(NC(=O)c1ccc(Cl)cc1N)C(N)=O. The van der Waals surface area contributed by atoms with E-state index < -0.39 is 17.9 Å². The van der Waals surface area contributed by atoms with Gasteiger partial charge in [0, 0.05) is 10.7 Å². The number of anilines is 1. The minimum absolute atomic E-state index is 0.252. The second kappa shape index (κ2) is 4.85. The first-order chi connectivity index (χ1) is 7.41. The van der Waals surface area contributed by atoms with Crippen molar-refractivity contribution in [1.82, 2.24) is 5.32 Å². The number of benzene rings is 1. The lowest BCUT2D eigenvalue weighted by Crippen LogP contribution is -2.42. The number of carbonyl (C=O) groups excluding carboxylic acids is 2. The lowest BCUT2D eigenvalue weighted by molar-refractivity contribution is -0.119. The Kier molecular flexibility index (Phi) is 3.73. The molecular formula is C10H12ClN3O2. The van der Waals surface area contributed by atoms with Gasteiger partial charge in [-0.1, -0.05) is 11.6 Å². The molecule has 0 saturated carbocycles. The van der Waals surface area contributed by atoms with E-state index in [4.69, 9.17) is 23.1 Å². The van der Waals surface area contributed by atoms with Gasteiger partial charge in [-0.15, -0.1) is 0 Å². The smallest absolute Gasteiger partial charge is 0.254 e. The highest BCUT2D eigenvalue weighted by Crippen LogP contribution is 2.17. The zero-order valence-electron chi connectivity index (χ0n) is 8.66. The van der Waals surface area contributed by atoms with Crippen LogP contribution in [0.25, 0.3) is 0 Å². The van der Waals surface area contributed by atoms with E-state index in [1.165, 1.54) is 19.1 Å². The quantitative estimate of drug-likeness (QED) is 0.673. The monoisotopic (exact) mass is 241 g/mol. The molecule has 5 N–H and O–H groups in total. The first-order valence-electron chi connectivity index (χ1n) is 4.57. The Bertz CT molecular complexity index is 434. The van der Waals surface area contributed by atoms with Crippen LogP contribution in [-0.2, 0) is 4.79 Å². The molecule has 2 amide bonds. The Labute approximate surface area is 97.7 Å². The van der Waals surface area contributed by atoms with Crippen LogP contribution in [0.2, 0.25) is 5.02 Å². The second-order valence-electron chi connectivity index (χ2n) is 3.33. The van der Waals surface area contributed by atoms with E-state index in [0.717, 1.165) is 0 Å². The van der Waals surface area contributed by atoms with E-state index in [2.05, 4.69) is 5.32 Å². The fourth-order valence-corrected chi connectivity index (χ4v) is 1.27. The zero-order chi connectivity index (χ0) is 12.3. The van der Waals surface area contributed by atoms with Crippen molar-refractivity contribution in [2.45, 2.75) is 13.0 Å². The van der Waals surface area contributed by atoms with Crippen LogP contribution < -0.4 is 16.8 Å². The molecule has 0 aliphatic rings. The van der Waals surface area contributed by atoms with Crippen LogP contribution in [0.1, 0.15) is 17.3 Å². The van der Waals surface area contributed by atoms with Crippen molar-refractivity contribution in [2.75, 3.05) is 5.73 Å². The van der Waals surface area contributed by atoms with Crippen molar-refractivity contribution in [3.8, 4) is 0 Å². The lowest BCUT2D eigenvalue weighted by Gasteiger charge is -2.11. The van der Waals surface area contributed by atoms with Gasteiger partial charge in [-0.3, -0.25) is 9.59 Å². The van der Waals surface area contributed by atoms with Gasteiger partial charge in [0.1, 0.15) is 6.04 Å². The van der Waals surface area contributed by atoms with E-state index in [1.54, 1.807) is 6.07 Å². The molecule has 0 radical (unpaired) electrons. The molecule has 0 aliphatic heterocycles. The van der Waals surface area contributed by atoms with Crippen LogP contribution in [0.5, 0.6) is 0 Å². The van der Waals surface area contributed by atoms with E-state index in [-0.39, 0.29) is 11.3 Å². The molecule has 0 spiro atoms. The minimum Gasteiger partial charge on any atom is -0.398 e. The van der Waals surface area contributed by atoms with Gasteiger partial charge in [0.25, 0.3) is 5.91 Å². The van der Waals surface area contributed by atoms with E-state index >= 15 is 0 Å². The third-order valence-corrected chi connectivity index (χ3v) is 2.27. The standard InChI is InChI=1S/C10H12ClN3O2/c1-5(9(13)15)14-10(16)7-3-2-6(11)4-8(7)12/h2-5H,12H2,1H3,(H2,13,15)(H,14,16). The second-order valence-corrected chi connectivity index (χ2v) is 3.77. The first-order valence-corrected chi connectivity index (χ1v) is 4.95. The number of hydrogen-bond acceptors (Lipinski definition) is 3. The van der Waals surface area contributed by atoms with Crippen molar-refractivity contribution >= 4 is 29.1 Å². The molecule has 0 aliphatic carbocycles. The molecule has 5 nitrogen and oxygen atoms in total. The van der Waals surface area contributed by atoms with Gasteiger partial charge in [-0.2, -0.15) is 0 Å². The minimum atomic E-state index is -0.748. The summed E-state index contributed by atoms with van der Waals surface area (Å²) in [6.45, 7) is 1.49. The number of amides is 2. The topological polar surface area (TPSA) is 98.2 Å². The molecule has 0 fully saturated rings. The predicted molar refractivity (Wildman–Crippen MR) is 62.0 cm³/mol. The maximum atomic E-state index is 11.6. The van der Waals surface area contributed by atoms with E-state index in [9.17, 15) is 9.59 Å². The molecule has 1 atom stereocenters. The maximum Gasteiger partial charge on any atom is 0.254 e. The zero-order valence-corrected chi connectivity index (χ0v) is 9.41. The summed E-state index contributed by atoms with van der Waals surface area (Å²) >= 11 is 5.69. The van der Waals surface area contributed by atoms with Crippen molar-refractivity contribution in [2.24, 2.45) is 5.73 Å². The Balaban J connectivity index is 2.85. The average Bonchev–Trinajstić information content (AvgIpc) is 2.16. The molecule has 86 valence electrons. The number of rotatable bonds is 3. The van der Waals surface area contributed by atoms with Crippen molar-refractivity contribution < 1.29 is 9.59 Å². The number of hydrogen-bond donors (Lipinski definition) is 3. The van der Waals surface area contributed by atoms with Gasteiger partial charge in [-0.25, -0.2) is 0 Å². The van der Waals surface area contributed by atoms with E-state index in [0.29, 0.717) is 5.02 Å². The lowest BCUT2D eigenvalue weighted by atomic mass is 10.1. The molecular weight excluding hydrogens is 230 g/mol. The van der Waals surface area contributed by atoms with Crippen molar-refractivity contribution in [3.63, 3.8) is 0 Å². The van der Waals surface area contributed by atoms with E-state index in [1.807, 2.05) is 0 Å². The summed E-state index contributed by atoms with van der Waals surface area (Å²) in [6.07, 6.45) is 0. The van der Waals surface area contributed by atoms with Crippen molar-refractivity contribution in [1.29, 1.82) is 0 Å². The third kappa shape index (κ3) is 2.87. The fraction of sp³-hybridized carbons (Fsp3) is 0.200. The van der Waals surface area contributed by atoms with Gasteiger partial charge in [-0.05, 0) is 25.1 Å². The van der Waals surface area contributed by atoms with Gasteiger partial charge < -0.3 is 16.8 Å². The molecule has 0 bridgehead atoms. The highest BCUT2D eigenvalue weighted by Gasteiger charge is 2.15. The molecule has 1 rings (SSSR count). The Morgan fingerprint density at radius 3 is 2.56 bits per heavy atom. The van der Waals surface area contributed by atoms with Gasteiger partial charge in [0.05, 0.1) is 5.56 Å². The normalized spacial score (nSPS) is 11.9. The molecule has 1 unspecified atom stereocenters. The van der Waals surface area contributed by atoms with Gasteiger partial charge in [0.2, 0.25) is 5.91 Å². The highest BCUT2D eigenvalue weighted by atomic mass is 35.5. The van der Waals surface area contributed by atoms with Gasteiger partial charge >= 0.3 is 0 Å². The summed E-state index contributed by atoms with van der Waals surface area (Å²) in [5, 5.41) is 2.86. The summed E-state index contributed by atoms with van der Waals surface area (Å²) in [5.41, 5.74) is 11.1. The van der Waals surface area contributed by atoms with Crippen LogP contribution >= 0.6 is 11.6 Å². The summed E-state index contributed by atoms with van der Waals surface area (Å²) in [4.78, 5) is 22.4. The number of halogens is 1. The summed E-state index contributed by atoms with van der Waals surface area (Å²) in [5.74, 6) is -1.07. The predicted octanol–water partition coefficient (Wildman–Crippen LogP) is 0.526. The highest BCUT2D eigenvalue weighted by molar-refractivity contribution is 6.31. The average molecular weight is 242 g/mol. The van der Waals surface area contributed by atoms with Gasteiger partial charge in [0.15, 0.2) is 0 Å². The number of primary amides is 1. The number of carbonyl (C=O) groups is 2. The van der Waals surface area contributed by atoms with Crippen LogP contribution in [0.15, 0.2) is 18.2 Å². The first kappa shape index (κ1) is 12.3. The molecule has 16 heavy (non-hydrogen) atoms. The Morgan fingerprint density at radius 2 is 2.06 bits per heavy atom. The summed E-state index contributed by atoms with van der Waals surface area (Å²) in [6, 6.07) is 3.75.